The molecule has 0 unspecified atom stereocenters. The number of hydrogen-bond acceptors (Lipinski definition) is 5. The fourth-order valence-corrected chi connectivity index (χ4v) is 5.17. The van der Waals surface area contributed by atoms with E-state index in [4.69, 9.17) is 9.84 Å². The molecule has 1 amide bonds. The molecule has 1 heterocycles. The van der Waals surface area contributed by atoms with Crippen molar-refractivity contribution in [2.75, 3.05) is 64.9 Å². The number of aliphatic hydroxyl groups excluding tert-OH is 1. The molecule has 1 aliphatic rings. The zero-order valence-electron chi connectivity index (χ0n) is 21.3. The van der Waals surface area contributed by atoms with Gasteiger partial charge in [-0.15, -0.1) is 0 Å². The van der Waals surface area contributed by atoms with Gasteiger partial charge < -0.3 is 19.6 Å². The summed E-state index contributed by atoms with van der Waals surface area (Å²) in [6, 6.07) is 28.4. The summed E-state index contributed by atoms with van der Waals surface area (Å²) >= 11 is 0. The van der Waals surface area contributed by atoms with Gasteiger partial charge in [0.2, 0.25) is 5.91 Å². The van der Waals surface area contributed by atoms with E-state index in [1.807, 2.05) is 68.7 Å². The first-order valence-corrected chi connectivity index (χ1v) is 12.7. The van der Waals surface area contributed by atoms with Gasteiger partial charge in [0.05, 0.1) is 12.3 Å². The smallest absolute Gasteiger partial charge is 0.237 e. The van der Waals surface area contributed by atoms with Crippen LogP contribution in [0.3, 0.4) is 0 Å². The summed E-state index contributed by atoms with van der Waals surface area (Å²) in [7, 11) is 3.69. The highest BCUT2D eigenvalue weighted by Gasteiger charge is 2.43. The Bertz CT molecular complexity index is 1060. The van der Waals surface area contributed by atoms with Crippen LogP contribution in [0.5, 0.6) is 5.75 Å². The molecular formula is C30H37N3O3. The van der Waals surface area contributed by atoms with Crippen molar-refractivity contribution < 1.29 is 14.6 Å². The Labute approximate surface area is 214 Å². The number of likely N-dealkylation sites (N-methyl/N-ethyl adjacent to an activating group) is 1. The molecule has 6 heteroatoms. The zero-order chi connectivity index (χ0) is 25.4. The molecule has 3 aromatic rings. The minimum Gasteiger partial charge on any atom is -0.489 e. The Morgan fingerprint density at radius 2 is 1.42 bits per heavy atom. The van der Waals surface area contributed by atoms with Gasteiger partial charge in [-0.1, -0.05) is 72.8 Å². The van der Waals surface area contributed by atoms with Crippen molar-refractivity contribution in [3.63, 3.8) is 0 Å². The lowest BCUT2D eigenvalue weighted by Gasteiger charge is -2.40. The topological polar surface area (TPSA) is 56.3 Å². The third-order valence-electron chi connectivity index (χ3n) is 7.03. The molecule has 190 valence electrons. The Kier molecular flexibility index (Phi) is 8.62. The van der Waals surface area contributed by atoms with Crippen LogP contribution in [0.2, 0.25) is 0 Å². The Balaban J connectivity index is 1.52. The predicted molar refractivity (Wildman–Crippen MR) is 145 cm³/mol. The van der Waals surface area contributed by atoms with Crippen LogP contribution < -0.4 is 9.64 Å². The number of aliphatic hydroxyl groups is 1. The monoisotopic (exact) mass is 487 g/mol. The number of rotatable bonds is 10. The standard InChI is InChI=1S/C30H37N3O3/c1-31(2)29(35)30(25-11-5-3-6-12-25,26-13-7-4-8-14-26)17-18-32-19-21-33(22-20-32)27-15-9-10-16-28(27)36-24-23-34/h3-16,34H,17-24H2,1-2H3. The van der Waals surface area contributed by atoms with E-state index in [-0.39, 0.29) is 19.1 Å². The molecule has 0 radical (unpaired) electrons. The van der Waals surface area contributed by atoms with Gasteiger partial charge >= 0.3 is 0 Å². The number of para-hydroxylation sites is 2. The third-order valence-corrected chi connectivity index (χ3v) is 7.03. The Morgan fingerprint density at radius 3 is 1.97 bits per heavy atom. The predicted octanol–water partition coefficient (Wildman–Crippen LogP) is 3.64. The highest BCUT2D eigenvalue weighted by atomic mass is 16.5. The maximum Gasteiger partial charge on any atom is 0.237 e. The van der Waals surface area contributed by atoms with Crippen LogP contribution >= 0.6 is 0 Å². The molecule has 6 nitrogen and oxygen atoms in total. The quantitative estimate of drug-likeness (QED) is 0.473. The van der Waals surface area contributed by atoms with Crippen molar-refractivity contribution in [1.82, 2.24) is 9.80 Å². The van der Waals surface area contributed by atoms with Crippen molar-refractivity contribution in [2.24, 2.45) is 0 Å². The van der Waals surface area contributed by atoms with Crippen molar-refractivity contribution in [3.05, 3.63) is 96.1 Å². The molecule has 0 atom stereocenters. The van der Waals surface area contributed by atoms with Crippen LogP contribution in [0, 0.1) is 0 Å². The van der Waals surface area contributed by atoms with E-state index in [0.29, 0.717) is 6.42 Å². The number of hydrogen-bond donors (Lipinski definition) is 1. The molecule has 0 bridgehead atoms. The number of ether oxygens (including phenoxy) is 1. The summed E-state index contributed by atoms with van der Waals surface area (Å²) < 4.78 is 5.76. The average molecular weight is 488 g/mol. The highest BCUT2D eigenvalue weighted by molar-refractivity contribution is 5.92. The lowest BCUT2D eigenvalue weighted by Crippen LogP contribution is -2.50. The van der Waals surface area contributed by atoms with Gasteiger partial charge in [-0.3, -0.25) is 9.69 Å². The van der Waals surface area contributed by atoms with E-state index in [0.717, 1.165) is 55.3 Å². The van der Waals surface area contributed by atoms with Gasteiger partial charge in [0, 0.05) is 40.3 Å². The molecule has 4 rings (SSSR count). The summed E-state index contributed by atoms with van der Waals surface area (Å²) in [6.07, 6.45) is 0.703. The molecular weight excluding hydrogens is 450 g/mol. The van der Waals surface area contributed by atoms with Crippen LogP contribution in [-0.4, -0.2) is 80.8 Å². The molecule has 1 saturated heterocycles. The second-order valence-electron chi connectivity index (χ2n) is 9.46. The number of nitrogens with zero attached hydrogens (tertiary/aromatic N) is 3. The van der Waals surface area contributed by atoms with Crippen LogP contribution in [0.1, 0.15) is 17.5 Å². The van der Waals surface area contributed by atoms with Gasteiger partial charge in [0.15, 0.2) is 0 Å². The fourth-order valence-electron chi connectivity index (χ4n) is 5.17. The molecule has 1 N–H and O–H groups in total. The molecule has 1 fully saturated rings. The summed E-state index contributed by atoms with van der Waals surface area (Å²) in [4.78, 5) is 20.4. The molecule has 0 aromatic heterocycles. The van der Waals surface area contributed by atoms with Crippen molar-refractivity contribution in [1.29, 1.82) is 0 Å². The minimum absolute atomic E-state index is 0.00163. The zero-order valence-corrected chi connectivity index (χ0v) is 21.3. The maximum absolute atomic E-state index is 13.9. The number of carbonyl (C=O) groups is 1. The van der Waals surface area contributed by atoms with Gasteiger partial charge in [-0.25, -0.2) is 0 Å². The maximum atomic E-state index is 13.9. The summed E-state index contributed by atoms with van der Waals surface area (Å²) in [5.74, 6) is 0.914. The van der Waals surface area contributed by atoms with Crippen LogP contribution in [0.25, 0.3) is 0 Å². The second kappa shape index (κ2) is 12.1. The number of carbonyl (C=O) groups excluding carboxylic acids is 1. The molecule has 3 aromatic carbocycles. The summed E-state index contributed by atoms with van der Waals surface area (Å²) in [5, 5.41) is 9.15. The third kappa shape index (κ3) is 5.55. The van der Waals surface area contributed by atoms with Gasteiger partial charge in [0.1, 0.15) is 17.8 Å². The van der Waals surface area contributed by atoms with Gasteiger partial charge in [0.25, 0.3) is 0 Å². The molecule has 1 aliphatic heterocycles. The lowest BCUT2D eigenvalue weighted by atomic mass is 9.70. The molecule has 36 heavy (non-hydrogen) atoms. The molecule has 0 spiro atoms. The highest BCUT2D eigenvalue weighted by Crippen LogP contribution is 2.38. The van der Waals surface area contributed by atoms with Crippen LogP contribution in [-0.2, 0) is 10.2 Å². The average Bonchev–Trinajstić information content (AvgIpc) is 2.94. The first kappa shape index (κ1) is 25.7. The van der Waals surface area contributed by atoms with E-state index in [9.17, 15) is 4.79 Å². The van der Waals surface area contributed by atoms with Gasteiger partial charge in [-0.05, 0) is 36.2 Å². The lowest BCUT2D eigenvalue weighted by molar-refractivity contribution is -0.133. The number of anilines is 1. The molecule has 0 aliphatic carbocycles. The van der Waals surface area contributed by atoms with Crippen molar-refractivity contribution in [2.45, 2.75) is 11.8 Å². The summed E-state index contributed by atoms with van der Waals surface area (Å²) in [6.45, 7) is 4.68. The summed E-state index contributed by atoms with van der Waals surface area (Å²) in [5.41, 5.74) is 2.39. The van der Waals surface area contributed by atoms with Crippen LogP contribution in [0.4, 0.5) is 5.69 Å². The van der Waals surface area contributed by atoms with E-state index in [2.05, 4.69) is 40.1 Å². The SMILES string of the molecule is CN(C)C(=O)C(CCN1CCN(c2ccccc2OCCO)CC1)(c1ccccc1)c1ccccc1. The van der Waals surface area contributed by atoms with Crippen LogP contribution in [0.15, 0.2) is 84.9 Å². The van der Waals surface area contributed by atoms with E-state index < -0.39 is 5.41 Å². The fraction of sp³-hybridized carbons (Fsp3) is 0.367. The first-order valence-electron chi connectivity index (χ1n) is 12.7. The minimum atomic E-state index is -0.742. The Hall–Kier alpha value is -3.35. The number of piperazine rings is 1. The van der Waals surface area contributed by atoms with E-state index in [1.54, 1.807) is 4.90 Å². The number of amides is 1. The number of benzene rings is 3. The van der Waals surface area contributed by atoms with Crippen molar-refractivity contribution in [3.8, 4) is 5.75 Å². The molecule has 0 saturated carbocycles. The largest absolute Gasteiger partial charge is 0.489 e. The normalized spacial score (nSPS) is 14.5. The first-order chi connectivity index (χ1) is 17.6. The second-order valence-corrected chi connectivity index (χ2v) is 9.46. The van der Waals surface area contributed by atoms with Crippen molar-refractivity contribution >= 4 is 11.6 Å². The van der Waals surface area contributed by atoms with E-state index in [1.165, 1.54) is 0 Å². The van der Waals surface area contributed by atoms with E-state index >= 15 is 0 Å². The van der Waals surface area contributed by atoms with Gasteiger partial charge in [-0.2, -0.15) is 0 Å². The Morgan fingerprint density at radius 1 is 0.861 bits per heavy atom.